The minimum Gasteiger partial charge on any atom is -0.385 e. The number of ether oxygens (including phenoxy) is 2. The van der Waals surface area contributed by atoms with E-state index in [0.29, 0.717) is 12.6 Å². The van der Waals surface area contributed by atoms with Crippen LogP contribution in [0.2, 0.25) is 0 Å². The van der Waals surface area contributed by atoms with Gasteiger partial charge in [-0.2, -0.15) is 0 Å². The monoisotopic (exact) mass is 246 g/mol. The van der Waals surface area contributed by atoms with Crippen molar-refractivity contribution in [3.8, 4) is 0 Å². The third-order valence-electron chi connectivity index (χ3n) is 2.53. The molecule has 0 spiro atoms. The lowest BCUT2D eigenvalue weighted by atomic mass is 10.4. The van der Waals surface area contributed by atoms with Gasteiger partial charge in [0.25, 0.3) is 0 Å². The Hall–Kier alpha value is -0.390. The Morgan fingerprint density at radius 2 is 1.94 bits per heavy atom. The Labute approximate surface area is 103 Å². The molecule has 1 N–H and O–H groups in total. The van der Waals surface area contributed by atoms with Crippen LogP contribution < -0.4 is 5.32 Å². The fourth-order valence-corrected chi connectivity index (χ4v) is 1.76. The fraction of sp³-hybridized carbons (Fsp3) is 0.909. The van der Waals surface area contributed by atoms with Crippen molar-refractivity contribution in [2.45, 2.75) is 25.3 Å². The molecule has 0 saturated heterocycles. The highest BCUT2D eigenvalue weighted by atomic mass is 32.1. The second kappa shape index (κ2) is 7.81. The normalized spacial score (nSPS) is 14.9. The first-order valence-corrected chi connectivity index (χ1v) is 6.22. The SMILES string of the molecule is COCCCN(CCOC)C(=S)NC1CC1. The van der Waals surface area contributed by atoms with Crippen LogP contribution in [0.3, 0.4) is 0 Å². The smallest absolute Gasteiger partial charge is 0.169 e. The summed E-state index contributed by atoms with van der Waals surface area (Å²) in [7, 11) is 3.44. The molecular weight excluding hydrogens is 224 g/mol. The summed E-state index contributed by atoms with van der Waals surface area (Å²) in [5.41, 5.74) is 0. The van der Waals surface area contributed by atoms with Crippen LogP contribution in [0.5, 0.6) is 0 Å². The molecule has 0 aliphatic heterocycles. The summed E-state index contributed by atoms with van der Waals surface area (Å²) in [6.45, 7) is 3.25. The fourth-order valence-electron chi connectivity index (χ4n) is 1.41. The molecule has 0 atom stereocenters. The van der Waals surface area contributed by atoms with E-state index in [1.54, 1.807) is 14.2 Å². The van der Waals surface area contributed by atoms with Crippen LogP contribution in [0.15, 0.2) is 0 Å². The minimum absolute atomic E-state index is 0.611. The van der Waals surface area contributed by atoms with Crippen molar-refractivity contribution in [3.05, 3.63) is 0 Å². The molecule has 1 aliphatic rings. The van der Waals surface area contributed by atoms with E-state index in [2.05, 4.69) is 10.2 Å². The van der Waals surface area contributed by atoms with Crippen molar-refractivity contribution in [2.75, 3.05) is 40.5 Å². The summed E-state index contributed by atoms with van der Waals surface area (Å²) in [6, 6.07) is 0.611. The molecule has 4 nitrogen and oxygen atoms in total. The maximum Gasteiger partial charge on any atom is 0.169 e. The highest BCUT2D eigenvalue weighted by molar-refractivity contribution is 7.80. The molecule has 1 saturated carbocycles. The summed E-state index contributed by atoms with van der Waals surface area (Å²) >= 11 is 5.37. The van der Waals surface area contributed by atoms with Crippen LogP contribution >= 0.6 is 12.2 Å². The molecule has 0 heterocycles. The number of hydrogen-bond acceptors (Lipinski definition) is 3. The molecule has 0 unspecified atom stereocenters. The van der Waals surface area contributed by atoms with Gasteiger partial charge in [-0.3, -0.25) is 0 Å². The van der Waals surface area contributed by atoms with E-state index in [9.17, 15) is 0 Å². The van der Waals surface area contributed by atoms with Crippen LogP contribution in [0.4, 0.5) is 0 Å². The lowest BCUT2D eigenvalue weighted by molar-refractivity contribution is 0.160. The summed E-state index contributed by atoms with van der Waals surface area (Å²) < 4.78 is 10.1. The van der Waals surface area contributed by atoms with Crippen LogP contribution in [-0.4, -0.2) is 56.6 Å². The topological polar surface area (TPSA) is 33.7 Å². The van der Waals surface area contributed by atoms with Crippen molar-refractivity contribution in [3.63, 3.8) is 0 Å². The predicted molar refractivity (Wildman–Crippen MR) is 68.7 cm³/mol. The lowest BCUT2D eigenvalue weighted by Crippen LogP contribution is -2.43. The summed E-state index contributed by atoms with van der Waals surface area (Å²) in [5.74, 6) is 0. The number of rotatable bonds is 8. The molecule has 1 aliphatic carbocycles. The van der Waals surface area contributed by atoms with Crippen molar-refractivity contribution >= 4 is 17.3 Å². The first-order valence-electron chi connectivity index (χ1n) is 5.81. The summed E-state index contributed by atoms with van der Waals surface area (Å²) in [6.07, 6.45) is 3.49. The van der Waals surface area contributed by atoms with Crippen LogP contribution in [0, 0.1) is 0 Å². The molecule has 16 heavy (non-hydrogen) atoms. The lowest BCUT2D eigenvalue weighted by Gasteiger charge is -2.25. The van der Waals surface area contributed by atoms with Gasteiger partial charge in [0.1, 0.15) is 0 Å². The minimum atomic E-state index is 0.611. The highest BCUT2D eigenvalue weighted by Crippen LogP contribution is 2.19. The second-order valence-corrected chi connectivity index (χ2v) is 4.44. The van der Waals surface area contributed by atoms with Crippen LogP contribution in [0.1, 0.15) is 19.3 Å². The molecule has 0 radical (unpaired) electrons. The quantitative estimate of drug-likeness (QED) is 0.510. The number of methoxy groups -OCH3 is 2. The standard InChI is InChI=1S/C11H22N2O2S/c1-14-8-3-6-13(7-9-15-2)11(16)12-10-4-5-10/h10H,3-9H2,1-2H3,(H,12,16). The molecule has 0 amide bonds. The zero-order chi connectivity index (χ0) is 11.8. The molecule has 1 fully saturated rings. The average Bonchev–Trinajstić information content (AvgIpc) is 3.07. The van der Waals surface area contributed by atoms with E-state index in [4.69, 9.17) is 21.7 Å². The van der Waals surface area contributed by atoms with Crippen molar-refractivity contribution in [1.29, 1.82) is 0 Å². The van der Waals surface area contributed by atoms with E-state index >= 15 is 0 Å². The Morgan fingerprint density at radius 3 is 2.50 bits per heavy atom. The van der Waals surface area contributed by atoms with Gasteiger partial charge in [-0.25, -0.2) is 0 Å². The number of nitrogens with zero attached hydrogens (tertiary/aromatic N) is 1. The van der Waals surface area contributed by atoms with Gasteiger partial charge in [0.15, 0.2) is 5.11 Å². The predicted octanol–water partition coefficient (Wildman–Crippen LogP) is 1.01. The Balaban J connectivity index is 2.25. The Kier molecular flexibility index (Phi) is 6.68. The molecule has 0 aromatic carbocycles. The van der Waals surface area contributed by atoms with Crippen molar-refractivity contribution in [1.82, 2.24) is 10.2 Å². The summed E-state index contributed by atoms with van der Waals surface area (Å²) in [5, 5.41) is 4.21. The largest absolute Gasteiger partial charge is 0.385 e. The first-order chi connectivity index (χ1) is 7.77. The van der Waals surface area contributed by atoms with E-state index < -0.39 is 0 Å². The van der Waals surface area contributed by atoms with E-state index in [1.165, 1.54) is 12.8 Å². The number of thiocarbonyl (C=S) groups is 1. The van der Waals surface area contributed by atoms with Gasteiger partial charge in [0, 0.05) is 40.0 Å². The van der Waals surface area contributed by atoms with Crippen LogP contribution in [0.25, 0.3) is 0 Å². The maximum absolute atomic E-state index is 5.37. The van der Waals surface area contributed by atoms with Gasteiger partial charge < -0.3 is 19.7 Å². The molecular formula is C11H22N2O2S. The van der Waals surface area contributed by atoms with Crippen LogP contribution in [-0.2, 0) is 9.47 Å². The highest BCUT2D eigenvalue weighted by Gasteiger charge is 2.23. The maximum atomic E-state index is 5.37. The van der Waals surface area contributed by atoms with Crippen molar-refractivity contribution in [2.24, 2.45) is 0 Å². The van der Waals surface area contributed by atoms with Gasteiger partial charge in [-0.05, 0) is 31.5 Å². The molecule has 0 aromatic rings. The number of hydrogen-bond donors (Lipinski definition) is 1. The van der Waals surface area contributed by atoms with Gasteiger partial charge in [-0.1, -0.05) is 0 Å². The molecule has 94 valence electrons. The van der Waals surface area contributed by atoms with Gasteiger partial charge >= 0.3 is 0 Å². The van der Waals surface area contributed by atoms with Gasteiger partial charge in [-0.15, -0.1) is 0 Å². The third kappa shape index (κ3) is 5.63. The molecule has 1 rings (SSSR count). The second-order valence-electron chi connectivity index (χ2n) is 4.05. The molecule has 5 heteroatoms. The molecule has 0 bridgehead atoms. The van der Waals surface area contributed by atoms with Crippen molar-refractivity contribution < 1.29 is 9.47 Å². The van der Waals surface area contributed by atoms with E-state index in [0.717, 1.165) is 31.2 Å². The van der Waals surface area contributed by atoms with Gasteiger partial charge in [0.05, 0.1) is 6.61 Å². The van der Waals surface area contributed by atoms with E-state index in [1.807, 2.05) is 0 Å². The third-order valence-corrected chi connectivity index (χ3v) is 2.91. The average molecular weight is 246 g/mol. The zero-order valence-electron chi connectivity index (χ0n) is 10.2. The Morgan fingerprint density at radius 1 is 1.25 bits per heavy atom. The number of nitrogens with one attached hydrogen (secondary N) is 1. The summed E-state index contributed by atoms with van der Waals surface area (Å²) in [4.78, 5) is 2.16. The zero-order valence-corrected chi connectivity index (χ0v) is 11.0. The Bertz CT molecular complexity index is 210. The van der Waals surface area contributed by atoms with Gasteiger partial charge in [0.2, 0.25) is 0 Å². The van der Waals surface area contributed by atoms with E-state index in [-0.39, 0.29) is 0 Å². The first kappa shape index (κ1) is 13.7. The molecule has 0 aromatic heterocycles.